The number of carboxylic acid groups (broad SMARTS) is 1. The Morgan fingerprint density at radius 2 is 1.77 bits per heavy atom. The summed E-state index contributed by atoms with van der Waals surface area (Å²) in [6.07, 6.45) is 8.67. The number of halogens is 3. The van der Waals surface area contributed by atoms with Gasteiger partial charge in [0.25, 0.3) is 0 Å². The molecule has 1 amide bonds. The number of nitrogens with zero attached hydrogens (tertiary/aromatic N) is 1. The molecule has 0 aliphatic rings. The lowest BCUT2D eigenvalue weighted by atomic mass is 9.95. The van der Waals surface area contributed by atoms with Crippen molar-refractivity contribution in [3.63, 3.8) is 0 Å². The van der Waals surface area contributed by atoms with Gasteiger partial charge in [-0.15, -0.1) is 0 Å². The number of amides is 1. The molecular weight excluding hydrogens is 509 g/mol. The zero-order valence-corrected chi connectivity index (χ0v) is 23.8. The molecule has 0 spiro atoms. The third-order valence-electron chi connectivity index (χ3n) is 5.48. The van der Waals surface area contributed by atoms with Crippen LogP contribution in [0.1, 0.15) is 58.6 Å². The molecule has 0 aliphatic heterocycles. The molecule has 0 aromatic heterocycles. The average molecular weight is 553 g/mol. The van der Waals surface area contributed by atoms with Crippen LogP contribution in [-0.2, 0) is 16.1 Å². The Hall–Kier alpha value is -3.43. The molecule has 1 aromatic carbocycles. The highest BCUT2D eigenvalue weighted by molar-refractivity contribution is 5.89. The summed E-state index contributed by atoms with van der Waals surface area (Å²) in [5.41, 5.74) is 1.81. The molecule has 0 saturated carbocycles. The van der Waals surface area contributed by atoms with E-state index in [4.69, 9.17) is 5.11 Å². The fourth-order valence-corrected chi connectivity index (χ4v) is 2.96. The molecule has 0 radical (unpaired) electrons. The second-order valence-electron chi connectivity index (χ2n) is 8.70. The van der Waals surface area contributed by atoms with Crippen LogP contribution < -0.4 is 5.32 Å². The van der Waals surface area contributed by atoms with Crippen molar-refractivity contribution in [1.82, 2.24) is 10.2 Å². The number of rotatable bonds is 13. The van der Waals surface area contributed by atoms with E-state index in [9.17, 15) is 27.9 Å². The van der Waals surface area contributed by atoms with Crippen molar-refractivity contribution in [2.75, 3.05) is 20.1 Å². The topological polar surface area (TPSA) is 89.9 Å². The van der Waals surface area contributed by atoms with Crippen LogP contribution in [0, 0.1) is 0 Å². The molecule has 1 rings (SSSR count). The van der Waals surface area contributed by atoms with Gasteiger partial charge in [0, 0.05) is 20.1 Å². The molecule has 0 bridgehead atoms. The lowest BCUT2D eigenvalue weighted by molar-refractivity contribution is -0.132. The number of allylic oxidation sites excluding steroid dienone is 6. The molecule has 1 unspecified atom stereocenters. The van der Waals surface area contributed by atoms with E-state index in [0.717, 1.165) is 31.4 Å². The van der Waals surface area contributed by atoms with Gasteiger partial charge in [-0.2, -0.15) is 0 Å². The van der Waals surface area contributed by atoms with E-state index in [1.165, 1.54) is 17.1 Å². The van der Waals surface area contributed by atoms with Crippen molar-refractivity contribution >= 4 is 18.0 Å². The van der Waals surface area contributed by atoms with Crippen molar-refractivity contribution in [1.29, 1.82) is 0 Å². The van der Waals surface area contributed by atoms with Crippen LogP contribution in [0.5, 0.6) is 0 Å². The molecule has 6 nitrogen and oxygen atoms in total. The van der Waals surface area contributed by atoms with E-state index in [1.54, 1.807) is 26.1 Å². The lowest BCUT2D eigenvalue weighted by Gasteiger charge is -2.30. The van der Waals surface area contributed by atoms with Gasteiger partial charge >= 0.3 is 5.97 Å². The molecular formula is C30H43F3N2O4. The van der Waals surface area contributed by atoms with Gasteiger partial charge in [-0.05, 0) is 69.9 Å². The van der Waals surface area contributed by atoms with Gasteiger partial charge in [-0.1, -0.05) is 56.0 Å². The van der Waals surface area contributed by atoms with Crippen molar-refractivity contribution in [2.45, 2.75) is 59.6 Å². The van der Waals surface area contributed by atoms with Crippen molar-refractivity contribution in [3.8, 4) is 0 Å². The molecule has 0 aliphatic carbocycles. The summed E-state index contributed by atoms with van der Waals surface area (Å²) in [7, 11) is 1.66. The zero-order valence-electron chi connectivity index (χ0n) is 23.8. The number of hydrogen-bond donors (Lipinski definition) is 3. The van der Waals surface area contributed by atoms with E-state index in [0.29, 0.717) is 44.4 Å². The molecule has 0 fully saturated rings. The predicted molar refractivity (Wildman–Crippen MR) is 153 cm³/mol. The SMILES string of the molecule is C/C(F)=C(\C)F.C=C/C(=C\C=C/C)C(=O)O.CCC(O)(CCNCc1ccccc1/C(C)=C\F)CN(C)C=O. The maximum Gasteiger partial charge on any atom is 0.335 e. The normalized spacial score (nSPS) is 13.7. The lowest BCUT2D eigenvalue weighted by Crippen LogP contribution is -2.42. The molecule has 218 valence electrons. The second kappa shape index (κ2) is 21.5. The second-order valence-corrected chi connectivity index (χ2v) is 8.70. The summed E-state index contributed by atoms with van der Waals surface area (Å²) in [4.78, 5) is 22.4. The number of aliphatic carboxylic acids is 1. The Bertz CT molecular complexity index is 1000. The van der Waals surface area contributed by atoms with Gasteiger partial charge in [0.2, 0.25) is 6.41 Å². The standard InChI is InChI=1S/C18H27FN2O2.C8H10O2.C4H6F2/c1-4-18(23,13-21(3)14-22)9-10-20-12-16-7-5-6-8-17(16)15(2)11-19;1-3-5-6-7(4-2)8(9)10;1-3(5)4(2)6/h5-8,11,14,20,23H,4,9-10,12-13H2,1-3H3;3-6H,2H2,1H3,(H,9,10);1-2H3/b15-11-;5-3-,7-6+;4-3-. The molecule has 9 heteroatoms. The van der Waals surface area contributed by atoms with Crippen LogP contribution in [0.25, 0.3) is 5.57 Å². The van der Waals surface area contributed by atoms with Crippen LogP contribution in [0.15, 0.2) is 78.7 Å². The van der Waals surface area contributed by atoms with Crippen LogP contribution in [-0.4, -0.2) is 53.2 Å². The third-order valence-corrected chi connectivity index (χ3v) is 5.48. The highest BCUT2D eigenvalue weighted by Gasteiger charge is 2.25. The number of hydrogen-bond acceptors (Lipinski definition) is 4. The average Bonchev–Trinajstić information content (AvgIpc) is 2.91. The number of benzene rings is 1. The minimum absolute atomic E-state index is 0.207. The Morgan fingerprint density at radius 1 is 1.18 bits per heavy atom. The van der Waals surface area contributed by atoms with E-state index >= 15 is 0 Å². The van der Waals surface area contributed by atoms with E-state index in [1.807, 2.05) is 38.1 Å². The van der Waals surface area contributed by atoms with E-state index in [-0.39, 0.29) is 5.57 Å². The van der Waals surface area contributed by atoms with Gasteiger partial charge in [-0.3, -0.25) is 4.79 Å². The summed E-state index contributed by atoms with van der Waals surface area (Å²) < 4.78 is 35.4. The zero-order chi connectivity index (χ0) is 30.4. The number of carboxylic acids is 1. The Labute approximate surface area is 230 Å². The van der Waals surface area contributed by atoms with Gasteiger partial charge in [0.05, 0.1) is 17.5 Å². The molecule has 3 N–H and O–H groups in total. The van der Waals surface area contributed by atoms with Crippen LogP contribution >= 0.6 is 0 Å². The summed E-state index contributed by atoms with van der Waals surface area (Å²) in [6.45, 7) is 12.5. The van der Waals surface area contributed by atoms with Gasteiger partial charge in [0.1, 0.15) is 11.7 Å². The highest BCUT2D eigenvalue weighted by atomic mass is 19.2. The van der Waals surface area contributed by atoms with Crippen LogP contribution in [0.3, 0.4) is 0 Å². The molecule has 0 saturated heterocycles. The first-order chi connectivity index (χ1) is 18.3. The highest BCUT2D eigenvalue weighted by Crippen LogP contribution is 2.19. The van der Waals surface area contributed by atoms with E-state index in [2.05, 4.69) is 11.9 Å². The number of likely N-dealkylation sites (N-methyl/N-ethyl adjacent to an activating group) is 1. The first kappa shape index (κ1) is 37.7. The van der Waals surface area contributed by atoms with E-state index < -0.39 is 23.2 Å². The summed E-state index contributed by atoms with van der Waals surface area (Å²) in [6, 6.07) is 7.66. The first-order valence-corrected chi connectivity index (χ1v) is 12.4. The molecule has 1 atom stereocenters. The minimum atomic E-state index is -0.951. The maximum atomic E-state index is 12.7. The third kappa shape index (κ3) is 17.7. The molecule has 1 aromatic rings. The molecule has 0 heterocycles. The first-order valence-electron chi connectivity index (χ1n) is 12.4. The van der Waals surface area contributed by atoms with Gasteiger partial charge in [0.15, 0.2) is 0 Å². The number of carbonyl (C=O) groups excluding carboxylic acids is 1. The van der Waals surface area contributed by atoms with Crippen LogP contribution in [0.4, 0.5) is 13.2 Å². The largest absolute Gasteiger partial charge is 0.478 e. The molecule has 39 heavy (non-hydrogen) atoms. The summed E-state index contributed by atoms with van der Waals surface area (Å²) >= 11 is 0. The fraction of sp³-hybridized carbons (Fsp3) is 0.400. The van der Waals surface area contributed by atoms with Gasteiger partial charge in [-0.25, -0.2) is 18.0 Å². The fourth-order valence-electron chi connectivity index (χ4n) is 2.96. The van der Waals surface area contributed by atoms with Gasteiger partial charge < -0.3 is 20.4 Å². The summed E-state index contributed by atoms with van der Waals surface area (Å²) in [5.74, 6) is -2.43. The summed E-state index contributed by atoms with van der Waals surface area (Å²) in [5, 5.41) is 22.2. The smallest absolute Gasteiger partial charge is 0.335 e. The Morgan fingerprint density at radius 3 is 2.21 bits per heavy atom. The quantitative estimate of drug-likeness (QED) is 0.110. The van der Waals surface area contributed by atoms with Crippen molar-refractivity contribution in [3.05, 3.63) is 89.8 Å². The number of carbonyl (C=O) groups is 2. The van der Waals surface area contributed by atoms with Crippen molar-refractivity contribution < 1.29 is 33.0 Å². The number of nitrogens with one attached hydrogen (secondary N) is 1. The number of aliphatic hydroxyl groups is 1. The van der Waals surface area contributed by atoms with Crippen LogP contribution in [0.2, 0.25) is 0 Å². The minimum Gasteiger partial charge on any atom is -0.478 e. The predicted octanol–water partition coefficient (Wildman–Crippen LogP) is 6.66. The maximum absolute atomic E-state index is 12.7. The monoisotopic (exact) mass is 552 g/mol. The Balaban J connectivity index is 0. The van der Waals surface area contributed by atoms with Crippen molar-refractivity contribution in [2.24, 2.45) is 0 Å². The Kier molecular flexibility index (Phi) is 20.8.